The van der Waals surface area contributed by atoms with Gasteiger partial charge in [0.1, 0.15) is 0 Å². The summed E-state index contributed by atoms with van der Waals surface area (Å²) in [6.07, 6.45) is 2.10. The summed E-state index contributed by atoms with van der Waals surface area (Å²) in [6, 6.07) is -0.250. The third kappa shape index (κ3) is 1.71. The van der Waals surface area contributed by atoms with Gasteiger partial charge in [0.05, 0.1) is 12.1 Å². The van der Waals surface area contributed by atoms with Crippen LogP contribution in [-0.2, 0) is 4.74 Å². The summed E-state index contributed by atoms with van der Waals surface area (Å²) in [5.41, 5.74) is 5.90. The number of nitrogens with two attached hydrogens (primary N) is 1. The maximum atomic E-state index is 5.90. The van der Waals surface area contributed by atoms with Gasteiger partial charge >= 0.3 is 0 Å². The Labute approximate surface area is 76.3 Å². The van der Waals surface area contributed by atoms with Crippen molar-refractivity contribution in [2.24, 2.45) is 5.73 Å². The molecule has 1 fully saturated rings. The van der Waals surface area contributed by atoms with E-state index in [1.165, 1.54) is 0 Å². The molecule has 0 aromatic carbocycles. The van der Waals surface area contributed by atoms with Gasteiger partial charge in [-0.15, -0.1) is 0 Å². The van der Waals surface area contributed by atoms with Gasteiger partial charge in [-0.25, -0.2) is 0 Å². The van der Waals surface area contributed by atoms with E-state index in [4.69, 9.17) is 15.0 Å². The SMILES string of the molecule is Cc1nc(C(N)C2CCCO2)no1. The Morgan fingerprint density at radius 2 is 2.46 bits per heavy atom. The lowest BCUT2D eigenvalue weighted by molar-refractivity contribution is 0.0870. The average molecular weight is 183 g/mol. The van der Waals surface area contributed by atoms with Gasteiger partial charge in [-0.2, -0.15) is 4.98 Å². The zero-order valence-electron chi connectivity index (χ0n) is 7.56. The fraction of sp³-hybridized carbons (Fsp3) is 0.750. The second-order valence-corrected chi connectivity index (χ2v) is 3.25. The van der Waals surface area contributed by atoms with Crippen LogP contribution in [-0.4, -0.2) is 22.9 Å². The number of ether oxygens (including phenoxy) is 1. The smallest absolute Gasteiger partial charge is 0.223 e. The van der Waals surface area contributed by atoms with Gasteiger partial charge in [0.15, 0.2) is 5.82 Å². The highest BCUT2D eigenvalue weighted by molar-refractivity contribution is 4.96. The summed E-state index contributed by atoms with van der Waals surface area (Å²) in [5.74, 6) is 1.09. The van der Waals surface area contributed by atoms with Gasteiger partial charge in [0, 0.05) is 13.5 Å². The minimum atomic E-state index is -0.250. The molecule has 2 unspecified atom stereocenters. The van der Waals surface area contributed by atoms with E-state index >= 15 is 0 Å². The van der Waals surface area contributed by atoms with Crippen LogP contribution in [0.5, 0.6) is 0 Å². The fourth-order valence-corrected chi connectivity index (χ4v) is 1.50. The van der Waals surface area contributed by atoms with Gasteiger partial charge in [-0.3, -0.25) is 0 Å². The van der Waals surface area contributed by atoms with Crippen LogP contribution in [0.15, 0.2) is 4.52 Å². The van der Waals surface area contributed by atoms with Crippen LogP contribution < -0.4 is 5.73 Å². The second-order valence-electron chi connectivity index (χ2n) is 3.25. The first-order chi connectivity index (χ1) is 6.27. The lowest BCUT2D eigenvalue weighted by Crippen LogP contribution is -2.26. The fourth-order valence-electron chi connectivity index (χ4n) is 1.50. The van der Waals surface area contributed by atoms with Crippen LogP contribution in [0.4, 0.5) is 0 Å². The molecule has 1 saturated heterocycles. The van der Waals surface area contributed by atoms with E-state index in [1.54, 1.807) is 6.92 Å². The lowest BCUT2D eigenvalue weighted by Gasteiger charge is -2.13. The minimum absolute atomic E-state index is 0.0528. The Hall–Kier alpha value is -0.940. The molecule has 1 aliphatic rings. The second kappa shape index (κ2) is 3.43. The van der Waals surface area contributed by atoms with Crippen molar-refractivity contribution < 1.29 is 9.26 Å². The zero-order valence-corrected chi connectivity index (χ0v) is 7.56. The third-order valence-corrected chi connectivity index (χ3v) is 2.21. The van der Waals surface area contributed by atoms with Crippen molar-refractivity contribution in [3.05, 3.63) is 11.7 Å². The molecule has 5 heteroatoms. The molecule has 13 heavy (non-hydrogen) atoms. The van der Waals surface area contributed by atoms with Crippen LogP contribution in [0.3, 0.4) is 0 Å². The molecular formula is C8H13N3O2. The number of rotatable bonds is 2. The predicted octanol–water partition coefficient (Wildman–Crippen LogP) is 0.557. The Balaban J connectivity index is 2.07. The first-order valence-electron chi connectivity index (χ1n) is 4.45. The molecule has 1 aliphatic heterocycles. The quantitative estimate of drug-likeness (QED) is 0.725. The highest BCUT2D eigenvalue weighted by atomic mass is 16.5. The summed E-state index contributed by atoms with van der Waals surface area (Å²) >= 11 is 0. The Morgan fingerprint density at radius 1 is 1.62 bits per heavy atom. The number of hydrogen-bond acceptors (Lipinski definition) is 5. The topological polar surface area (TPSA) is 74.2 Å². The lowest BCUT2D eigenvalue weighted by atomic mass is 10.1. The van der Waals surface area contributed by atoms with E-state index in [0.717, 1.165) is 19.4 Å². The van der Waals surface area contributed by atoms with Crippen molar-refractivity contribution in [2.45, 2.75) is 31.9 Å². The highest BCUT2D eigenvalue weighted by Crippen LogP contribution is 2.22. The molecule has 1 aromatic rings. The Morgan fingerprint density at radius 3 is 3.00 bits per heavy atom. The van der Waals surface area contributed by atoms with Gasteiger partial charge in [0.25, 0.3) is 0 Å². The molecule has 0 aliphatic carbocycles. The van der Waals surface area contributed by atoms with Crippen LogP contribution in [0.1, 0.15) is 30.6 Å². The molecule has 2 N–H and O–H groups in total. The van der Waals surface area contributed by atoms with E-state index in [2.05, 4.69) is 10.1 Å². The van der Waals surface area contributed by atoms with Crippen molar-refractivity contribution in [1.29, 1.82) is 0 Å². The zero-order chi connectivity index (χ0) is 9.26. The standard InChI is InChI=1S/C8H13N3O2/c1-5-10-8(11-13-5)7(9)6-3-2-4-12-6/h6-7H,2-4,9H2,1H3. The molecule has 2 atom stereocenters. The number of hydrogen-bond donors (Lipinski definition) is 1. The third-order valence-electron chi connectivity index (χ3n) is 2.21. The summed E-state index contributed by atoms with van der Waals surface area (Å²) in [4.78, 5) is 4.07. The molecular weight excluding hydrogens is 170 g/mol. The highest BCUT2D eigenvalue weighted by Gasteiger charge is 2.27. The first kappa shape index (κ1) is 8.65. The monoisotopic (exact) mass is 183 g/mol. The summed E-state index contributed by atoms with van der Waals surface area (Å²) in [7, 11) is 0. The van der Waals surface area contributed by atoms with Crippen molar-refractivity contribution in [3.63, 3.8) is 0 Å². The van der Waals surface area contributed by atoms with Crippen LogP contribution in [0, 0.1) is 6.92 Å². The van der Waals surface area contributed by atoms with Gasteiger partial charge in [-0.05, 0) is 12.8 Å². The van der Waals surface area contributed by atoms with Gasteiger partial charge in [-0.1, -0.05) is 5.16 Å². The van der Waals surface area contributed by atoms with Gasteiger partial charge < -0.3 is 15.0 Å². The van der Waals surface area contributed by atoms with Crippen molar-refractivity contribution in [1.82, 2.24) is 10.1 Å². The maximum absolute atomic E-state index is 5.90. The van der Waals surface area contributed by atoms with E-state index in [0.29, 0.717) is 11.7 Å². The van der Waals surface area contributed by atoms with Crippen LogP contribution in [0.25, 0.3) is 0 Å². The normalized spacial score (nSPS) is 24.9. The van der Waals surface area contributed by atoms with Crippen molar-refractivity contribution >= 4 is 0 Å². The largest absolute Gasteiger partial charge is 0.376 e. The minimum Gasteiger partial charge on any atom is -0.376 e. The molecule has 0 amide bonds. The molecule has 0 spiro atoms. The van der Waals surface area contributed by atoms with Crippen molar-refractivity contribution in [3.8, 4) is 0 Å². The van der Waals surface area contributed by atoms with Crippen LogP contribution >= 0.6 is 0 Å². The van der Waals surface area contributed by atoms with E-state index in [1.807, 2.05) is 0 Å². The van der Waals surface area contributed by atoms with E-state index < -0.39 is 0 Å². The van der Waals surface area contributed by atoms with Crippen LogP contribution in [0.2, 0.25) is 0 Å². The number of aromatic nitrogens is 2. The number of nitrogens with zero attached hydrogens (tertiary/aromatic N) is 2. The van der Waals surface area contributed by atoms with E-state index in [-0.39, 0.29) is 12.1 Å². The Kier molecular flexibility index (Phi) is 2.28. The predicted molar refractivity (Wildman–Crippen MR) is 44.9 cm³/mol. The van der Waals surface area contributed by atoms with Crippen molar-refractivity contribution in [2.75, 3.05) is 6.61 Å². The Bertz CT molecular complexity index is 281. The average Bonchev–Trinajstić information content (AvgIpc) is 2.72. The summed E-state index contributed by atoms with van der Waals surface area (Å²) in [6.45, 7) is 2.54. The molecule has 0 saturated carbocycles. The van der Waals surface area contributed by atoms with Gasteiger partial charge in [0.2, 0.25) is 5.89 Å². The molecule has 0 bridgehead atoms. The molecule has 0 radical (unpaired) electrons. The molecule has 1 aromatic heterocycles. The first-order valence-corrected chi connectivity index (χ1v) is 4.45. The molecule has 2 heterocycles. The number of aryl methyl sites for hydroxylation is 1. The maximum Gasteiger partial charge on any atom is 0.223 e. The molecule has 5 nitrogen and oxygen atoms in total. The van der Waals surface area contributed by atoms with E-state index in [9.17, 15) is 0 Å². The summed E-state index contributed by atoms with van der Waals surface area (Å²) in [5, 5.41) is 3.77. The molecule has 2 rings (SSSR count). The summed E-state index contributed by atoms with van der Waals surface area (Å²) < 4.78 is 10.3. The molecule has 72 valence electrons.